The molecular formula is C38H33ClN6O5. The molecule has 3 heterocycles. The molecule has 0 saturated carbocycles. The standard InChI is InChI=1S/C38H33ClN6O5/c39-33-30-34(43-38(40)42-33)45(24-41-30)35-32(50-37(47)28-19-11-4-12-20-28)31(29(49-35)23-48-36(46)27-17-9-3-10-18-27)44(21-25-13-5-1-6-14-25)22-26-15-7-2-8-16-26/h1-20,24,29,31-32,35H,21-23H2,(H2,40,42,43). The SMILES string of the molecule is Nc1nc(Cl)c2ncn(C3OC(COC(=O)c4ccccc4)C(N(Cc4ccccc4)Cc4ccccc4)C3OC(=O)c3ccccc3)c2n1. The number of rotatable bonds is 11. The number of esters is 2. The van der Waals surface area contributed by atoms with Crippen molar-refractivity contribution in [3.8, 4) is 0 Å². The maximum atomic E-state index is 13.9. The Morgan fingerprint density at radius 3 is 1.90 bits per heavy atom. The van der Waals surface area contributed by atoms with E-state index in [0.29, 0.717) is 35.4 Å². The number of anilines is 1. The first-order valence-electron chi connectivity index (χ1n) is 16.1. The highest BCUT2D eigenvalue weighted by atomic mass is 35.5. The van der Waals surface area contributed by atoms with Gasteiger partial charge in [0.25, 0.3) is 0 Å². The van der Waals surface area contributed by atoms with Crippen LogP contribution in [0.3, 0.4) is 0 Å². The number of nitrogens with zero attached hydrogens (tertiary/aromatic N) is 5. The summed E-state index contributed by atoms with van der Waals surface area (Å²) in [5.74, 6) is -1.11. The predicted octanol–water partition coefficient (Wildman–Crippen LogP) is 6.11. The van der Waals surface area contributed by atoms with Crippen LogP contribution < -0.4 is 5.73 Å². The minimum absolute atomic E-state index is 0.0558. The highest BCUT2D eigenvalue weighted by Gasteiger charge is 2.52. The highest BCUT2D eigenvalue weighted by Crippen LogP contribution is 2.39. The van der Waals surface area contributed by atoms with Crippen molar-refractivity contribution in [2.24, 2.45) is 0 Å². The maximum absolute atomic E-state index is 13.9. The van der Waals surface area contributed by atoms with Crippen LogP contribution in [0.2, 0.25) is 5.15 Å². The number of imidazole rings is 1. The minimum Gasteiger partial charge on any atom is -0.459 e. The number of nitrogens with two attached hydrogens (primary N) is 1. The molecule has 7 rings (SSSR count). The third kappa shape index (κ3) is 7.20. The van der Waals surface area contributed by atoms with Gasteiger partial charge in [0, 0.05) is 13.1 Å². The van der Waals surface area contributed by atoms with Crippen molar-refractivity contribution >= 4 is 40.7 Å². The van der Waals surface area contributed by atoms with E-state index in [0.717, 1.165) is 11.1 Å². The number of halogens is 1. The molecule has 6 aromatic rings. The van der Waals surface area contributed by atoms with E-state index in [1.807, 2.05) is 72.8 Å². The van der Waals surface area contributed by atoms with Crippen LogP contribution in [0.1, 0.15) is 38.1 Å². The van der Waals surface area contributed by atoms with E-state index in [9.17, 15) is 9.59 Å². The number of hydrogen-bond donors (Lipinski definition) is 1. The third-order valence-electron chi connectivity index (χ3n) is 8.50. The molecule has 0 radical (unpaired) electrons. The van der Waals surface area contributed by atoms with Gasteiger partial charge in [0.05, 0.1) is 23.5 Å². The van der Waals surface area contributed by atoms with Crippen LogP contribution in [0.4, 0.5) is 5.95 Å². The van der Waals surface area contributed by atoms with Gasteiger partial charge in [0.1, 0.15) is 18.2 Å². The summed E-state index contributed by atoms with van der Waals surface area (Å²) >= 11 is 6.42. The summed E-state index contributed by atoms with van der Waals surface area (Å²) in [6.45, 7) is 0.786. The smallest absolute Gasteiger partial charge is 0.338 e. The largest absolute Gasteiger partial charge is 0.459 e. The van der Waals surface area contributed by atoms with E-state index in [1.165, 1.54) is 6.33 Å². The number of aromatic nitrogens is 4. The number of nitrogen functional groups attached to an aromatic ring is 1. The Kier molecular flexibility index (Phi) is 9.79. The number of benzene rings is 4. The molecule has 0 amide bonds. The van der Waals surface area contributed by atoms with Gasteiger partial charge in [-0.3, -0.25) is 9.47 Å². The second-order valence-corrected chi connectivity index (χ2v) is 12.2. The van der Waals surface area contributed by atoms with Crippen LogP contribution in [-0.2, 0) is 27.3 Å². The number of carbonyl (C=O) groups is 2. The Hall–Kier alpha value is -5.62. The first kappa shape index (κ1) is 32.9. The van der Waals surface area contributed by atoms with E-state index in [-0.39, 0.29) is 17.7 Å². The van der Waals surface area contributed by atoms with E-state index < -0.39 is 36.4 Å². The fourth-order valence-corrected chi connectivity index (χ4v) is 6.44. The van der Waals surface area contributed by atoms with Gasteiger partial charge in [0.15, 0.2) is 23.1 Å². The molecule has 2 N–H and O–H groups in total. The molecule has 1 aliphatic heterocycles. The molecular weight excluding hydrogens is 656 g/mol. The summed E-state index contributed by atoms with van der Waals surface area (Å²) in [7, 11) is 0. The molecule has 50 heavy (non-hydrogen) atoms. The van der Waals surface area contributed by atoms with Crippen LogP contribution in [-0.4, -0.2) is 61.2 Å². The molecule has 1 aliphatic rings. The van der Waals surface area contributed by atoms with Gasteiger partial charge >= 0.3 is 11.9 Å². The average molecular weight is 689 g/mol. The Balaban J connectivity index is 1.34. The lowest BCUT2D eigenvalue weighted by atomic mass is 10.0. The predicted molar refractivity (Wildman–Crippen MR) is 187 cm³/mol. The fourth-order valence-electron chi connectivity index (χ4n) is 6.22. The fraction of sp³-hybridized carbons (Fsp3) is 0.184. The minimum atomic E-state index is -0.975. The summed E-state index contributed by atoms with van der Waals surface area (Å²) in [5.41, 5.74) is 9.44. The van der Waals surface area contributed by atoms with Crippen molar-refractivity contribution in [3.63, 3.8) is 0 Å². The Bertz CT molecular complexity index is 2030. The van der Waals surface area contributed by atoms with Crippen molar-refractivity contribution < 1.29 is 23.8 Å². The molecule has 252 valence electrons. The maximum Gasteiger partial charge on any atom is 0.338 e. The first-order chi connectivity index (χ1) is 24.4. The molecule has 1 saturated heterocycles. The lowest BCUT2D eigenvalue weighted by Crippen LogP contribution is -2.49. The second kappa shape index (κ2) is 14.9. The van der Waals surface area contributed by atoms with E-state index in [4.69, 9.17) is 31.5 Å². The molecule has 4 aromatic carbocycles. The van der Waals surface area contributed by atoms with E-state index >= 15 is 0 Å². The molecule has 0 aliphatic carbocycles. The van der Waals surface area contributed by atoms with Crippen LogP contribution in [0.25, 0.3) is 11.2 Å². The first-order valence-corrected chi connectivity index (χ1v) is 16.4. The number of hydrogen-bond acceptors (Lipinski definition) is 10. The van der Waals surface area contributed by atoms with Gasteiger partial charge in [0.2, 0.25) is 5.95 Å². The summed E-state index contributed by atoms with van der Waals surface area (Å²) < 4.78 is 20.7. The zero-order valence-corrected chi connectivity index (χ0v) is 27.5. The number of ether oxygens (including phenoxy) is 3. The van der Waals surface area contributed by atoms with Crippen LogP contribution >= 0.6 is 11.6 Å². The monoisotopic (exact) mass is 688 g/mol. The molecule has 4 atom stereocenters. The summed E-state index contributed by atoms with van der Waals surface area (Å²) in [5, 5.41) is 0.0711. The Labute approximate surface area is 293 Å². The Morgan fingerprint density at radius 1 is 0.780 bits per heavy atom. The van der Waals surface area contributed by atoms with Gasteiger partial charge in [-0.25, -0.2) is 14.6 Å². The van der Waals surface area contributed by atoms with Crippen LogP contribution in [0, 0.1) is 0 Å². The normalized spacial score (nSPS) is 18.7. The topological polar surface area (TPSA) is 135 Å². The van der Waals surface area contributed by atoms with Crippen molar-refractivity contribution in [2.45, 2.75) is 37.6 Å². The Morgan fingerprint density at radius 2 is 1.32 bits per heavy atom. The molecule has 0 spiro atoms. The molecule has 1 fully saturated rings. The quantitative estimate of drug-likeness (QED) is 0.125. The van der Waals surface area contributed by atoms with Gasteiger partial charge in [-0.05, 0) is 35.4 Å². The molecule has 11 nitrogen and oxygen atoms in total. The van der Waals surface area contributed by atoms with Crippen molar-refractivity contribution in [3.05, 3.63) is 155 Å². The van der Waals surface area contributed by atoms with Crippen molar-refractivity contribution in [1.82, 2.24) is 24.4 Å². The van der Waals surface area contributed by atoms with E-state index in [1.54, 1.807) is 53.1 Å². The number of fused-ring (bicyclic) bond motifs is 1. The van der Waals surface area contributed by atoms with Gasteiger partial charge in [-0.2, -0.15) is 9.97 Å². The second-order valence-electron chi connectivity index (χ2n) is 11.8. The van der Waals surface area contributed by atoms with Gasteiger partial charge < -0.3 is 19.9 Å². The zero-order valence-electron chi connectivity index (χ0n) is 26.8. The van der Waals surface area contributed by atoms with Gasteiger partial charge in [-0.15, -0.1) is 0 Å². The van der Waals surface area contributed by atoms with Crippen LogP contribution in [0.5, 0.6) is 0 Å². The summed E-state index contributed by atoms with van der Waals surface area (Å²) in [4.78, 5) is 42.2. The highest BCUT2D eigenvalue weighted by molar-refractivity contribution is 6.33. The van der Waals surface area contributed by atoms with Crippen LogP contribution in [0.15, 0.2) is 128 Å². The summed E-state index contributed by atoms with van der Waals surface area (Å²) in [6.07, 6.45) is -1.20. The number of carbonyl (C=O) groups excluding carboxylic acids is 2. The van der Waals surface area contributed by atoms with Crippen molar-refractivity contribution in [2.75, 3.05) is 12.3 Å². The molecule has 4 unspecified atom stereocenters. The summed E-state index contributed by atoms with van der Waals surface area (Å²) in [6, 6.07) is 36.8. The lowest BCUT2D eigenvalue weighted by Gasteiger charge is -2.35. The molecule has 2 aromatic heterocycles. The molecule has 0 bridgehead atoms. The molecule has 12 heteroatoms. The third-order valence-corrected chi connectivity index (χ3v) is 8.77. The van der Waals surface area contributed by atoms with Gasteiger partial charge in [-0.1, -0.05) is 109 Å². The van der Waals surface area contributed by atoms with E-state index in [2.05, 4.69) is 19.9 Å². The van der Waals surface area contributed by atoms with Crippen molar-refractivity contribution in [1.29, 1.82) is 0 Å². The zero-order chi connectivity index (χ0) is 34.5. The lowest BCUT2D eigenvalue weighted by molar-refractivity contribution is -0.0598. The average Bonchev–Trinajstić information content (AvgIpc) is 3.73.